The third kappa shape index (κ3) is 44.0. The molecular formula is C16H36N2O9Si. The van der Waals surface area contributed by atoms with E-state index in [-0.39, 0.29) is 6.23 Å². The van der Waals surface area contributed by atoms with Crippen LogP contribution in [0.2, 0.25) is 0 Å². The number of hydrogen-bond acceptors (Lipinski definition) is 8. The average Bonchev–Trinajstić information content (AvgIpc) is 2.56. The minimum atomic E-state index is -0.833. The molecule has 4 N–H and O–H groups in total. The molecule has 1 atom stereocenters. The van der Waals surface area contributed by atoms with Gasteiger partial charge in [0.05, 0.1) is 16.8 Å². The van der Waals surface area contributed by atoms with Crippen molar-refractivity contribution >= 4 is 34.4 Å². The summed E-state index contributed by atoms with van der Waals surface area (Å²) in [6, 6.07) is 0. The molecule has 0 aliphatic carbocycles. The Morgan fingerprint density at radius 1 is 1.04 bits per heavy atom. The third-order valence-electron chi connectivity index (χ3n) is 2.50. The summed E-state index contributed by atoms with van der Waals surface area (Å²) in [4.78, 5) is 31.1. The van der Waals surface area contributed by atoms with E-state index < -0.39 is 23.3 Å². The van der Waals surface area contributed by atoms with Crippen LogP contribution in [0.15, 0.2) is 4.99 Å². The first kappa shape index (κ1) is 33.7. The van der Waals surface area contributed by atoms with Crippen LogP contribution in [0.5, 0.6) is 0 Å². The van der Waals surface area contributed by atoms with Crippen LogP contribution >= 0.6 is 0 Å². The smallest absolute Gasteiger partial charge is 0.300 e. The Labute approximate surface area is 169 Å². The zero-order chi connectivity index (χ0) is 23.2. The fraction of sp³-hybridized carbons (Fsp3) is 0.750. The molecule has 0 amide bonds. The van der Waals surface area contributed by atoms with E-state index in [0.29, 0.717) is 6.42 Å². The van der Waals surface area contributed by atoms with E-state index in [1.54, 1.807) is 27.5 Å². The zero-order valence-corrected chi connectivity index (χ0v) is 20.0. The molecule has 0 radical (unpaired) electrons. The second-order valence-electron chi connectivity index (χ2n) is 5.15. The lowest BCUT2D eigenvalue weighted by Gasteiger charge is -2.30. The minimum absolute atomic E-state index is 0.0653. The van der Waals surface area contributed by atoms with Gasteiger partial charge in [-0.2, -0.15) is 0 Å². The molecule has 0 rings (SSSR count). The van der Waals surface area contributed by atoms with Crippen LogP contribution in [0.1, 0.15) is 34.1 Å². The number of carboxylic acids is 3. The number of nitrogens with one attached hydrogen (secondary N) is 1. The number of aliphatic imine (C=N–C) groups is 1. The van der Waals surface area contributed by atoms with E-state index in [0.717, 1.165) is 44.1 Å². The largest absolute Gasteiger partial charge is 0.481 e. The van der Waals surface area contributed by atoms with Gasteiger partial charge in [0.25, 0.3) is 17.9 Å². The van der Waals surface area contributed by atoms with E-state index in [1.807, 2.05) is 6.92 Å². The second kappa shape index (κ2) is 23.2. The monoisotopic (exact) mass is 428 g/mol. The van der Waals surface area contributed by atoms with E-state index in [2.05, 4.69) is 10.3 Å². The molecule has 0 bridgehead atoms. The lowest BCUT2D eigenvalue weighted by atomic mass is 10.3. The van der Waals surface area contributed by atoms with Gasteiger partial charge in [-0.1, -0.05) is 0 Å². The van der Waals surface area contributed by atoms with Crippen molar-refractivity contribution in [1.82, 2.24) is 5.32 Å². The molecule has 0 aliphatic heterocycles. The van der Waals surface area contributed by atoms with E-state index >= 15 is 0 Å². The van der Waals surface area contributed by atoms with E-state index in [1.165, 1.54) is 0 Å². The summed E-state index contributed by atoms with van der Waals surface area (Å²) < 4.78 is 16.0. The van der Waals surface area contributed by atoms with Gasteiger partial charge < -0.3 is 29.5 Å². The summed E-state index contributed by atoms with van der Waals surface area (Å²) in [6.07, 6.45) is 2.41. The third-order valence-corrected chi connectivity index (χ3v) is 3.72. The van der Waals surface area contributed by atoms with Gasteiger partial charge in [-0.3, -0.25) is 24.7 Å². The van der Waals surface area contributed by atoms with Crippen molar-refractivity contribution in [1.29, 1.82) is 0 Å². The first-order valence-electron chi connectivity index (χ1n) is 8.21. The first-order chi connectivity index (χ1) is 12.8. The second-order valence-corrected chi connectivity index (χ2v) is 6.67. The van der Waals surface area contributed by atoms with Crippen LogP contribution in [0, 0.1) is 0 Å². The van der Waals surface area contributed by atoms with Crippen LogP contribution in [0.3, 0.4) is 0 Å². The Hall–Kier alpha value is -1.86. The van der Waals surface area contributed by atoms with E-state index in [4.69, 9.17) is 43.9 Å². The van der Waals surface area contributed by atoms with Crippen molar-refractivity contribution in [3.8, 4) is 0 Å². The van der Waals surface area contributed by atoms with Crippen LogP contribution in [0.4, 0.5) is 0 Å². The summed E-state index contributed by atoms with van der Waals surface area (Å²) in [7, 11) is 5.78. The van der Waals surface area contributed by atoms with Crippen molar-refractivity contribution in [2.24, 2.45) is 4.99 Å². The Balaban J connectivity index is -0.000000195. The predicted molar refractivity (Wildman–Crippen MR) is 109 cm³/mol. The molecule has 0 saturated carbocycles. The topological polar surface area (TPSA) is 164 Å². The van der Waals surface area contributed by atoms with Gasteiger partial charge >= 0.3 is 0 Å². The molecule has 12 heteroatoms. The maximum absolute atomic E-state index is 9.00. The minimum Gasteiger partial charge on any atom is -0.481 e. The first-order valence-corrected chi connectivity index (χ1v) is 9.21. The quantitative estimate of drug-likeness (QED) is 0.165. The van der Waals surface area contributed by atoms with Crippen LogP contribution < -0.4 is 5.32 Å². The summed E-state index contributed by atoms with van der Waals surface area (Å²) >= 11 is 0. The van der Waals surface area contributed by atoms with Gasteiger partial charge in [0, 0.05) is 55.1 Å². The highest BCUT2D eigenvalue weighted by Crippen LogP contribution is 2.14. The molecule has 0 aliphatic rings. The highest BCUT2D eigenvalue weighted by Gasteiger charge is 2.26. The maximum atomic E-state index is 9.00. The Morgan fingerprint density at radius 3 is 1.64 bits per heavy atom. The number of methoxy groups -OCH3 is 3. The Bertz CT molecular complexity index is 390. The molecule has 0 aromatic rings. The van der Waals surface area contributed by atoms with Crippen molar-refractivity contribution in [3.05, 3.63) is 0 Å². The van der Waals surface area contributed by atoms with E-state index in [9.17, 15) is 0 Å². The fourth-order valence-electron chi connectivity index (χ4n) is 1.24. The van der Waals surface area contributed by atoms with Crippen LogP contribution in [-0.4, -0.2) is 95.7 Å². The number of aliphatic carboxylic acids is 3. The zero-order valence-electron chi connectivity index (χ0n) is 18.0. The van der Waals surface area contributed by atoms with Crippen molar-refractivity contribution in [3.63, 3.8) is 0 Å². The molecule has 168 valence electrons. The molecular weight excluding hydrogens is 392 g/mol. The molecule has 1 unspecified atom stereocenters. The van der Waals surface area contributed by atoms with Crippen LogP contribution in [0.25, 0.3) is 0 Å². The number of carboxylic acid groups (broad SMARTS) is 3. The predicted octanol–water partition coefficient (Wildman–Crippen LogP) is -0.386. The molecule has 0 fully saturated rings. The van der Waals surface area contributed by atoms with Gasteiger partial charge in [-0.15, -0.1) is 0 Å². The van der Waals surface area contributed by atoms with Crippen molar-refractivity contribution in [2.45, 2.75) is 45.8 Å². The summed E-state index contributed by atoms with van der Waals surface area (Å²) in [5.41, 5.74) is -0.484. The molecule has 28 heavy (non-hydrogen) atoms. The van der Waals surface area contributed by atoms with Gasteiger partial charge in [0.2, 0.25) is 0 Å². The van der Waals surface area contributed by atoms with Gasteiger partial charge in [-0.25, -0.2) is 0 Å². The Morgan fingerprint density at radius 2 is 1.39 bits per heavy atom. The number of carbonyl (C=O) groups is 3. The summed E-state index contributed by atoms with van der Waals surface area (Å²) in [5, 5.41) is 25.5. The average molecular weight is 429 g/mol. The number of hydrogen-bond donors (Lipinski definition) is 4. The highest BCUT2D eigenvalue weighted by molar-refractivity contribution is 6.13. The standard InChI is InChI=1S/C10H24N2O3Si.3C2H4O2/c1-5-11-6-7-12-9(13-2)8-10(16,14-3)15-4;3*1-2(3)4/h5,9,12H,6-8H2,1-4,16H3;3*1H3,(H,3,4). The molecule has 0 aromatic heterocycles. The van der Waals surface area contributed by atoms with Gasteiger partial charge in [0.1, 0.15) is 11.6 Å². The summed E-state index contributed by atoms with van der Waals surface area (Å²) in [6.45, 7) is 6.70. The fourth-order valence-corrected chi connectivity index (χ4v) is 1.62. The number of rotatable bonds is 9. The summed E-state index contributed by atoms with van der Waals surface area (Å²) in [5.74, 6) is -2.50. The number of nitrogens with zero attached hydrogens (tertiary/aromatic N) is 1. The van der Waals surface area contributed by atoms with Crippen molar-refractivity contribution < 1.29 is 43.9 Å². The molecule has 0 saturated heterocycles. The lowest BCUT2D eigenvalue weighted by Crippen LogP contribution is -2.44. The van der Waals surface area contributed by atoms with Crippen molar-refractivity contribution in [2.75, 3.05) is 34.4 Å². The molecule has 11 nitrogen and oxygen atoms in total. The number of ether oxygens (including phenoxy) is 3. The normalized spacial score (nSPS) is 11.1. The van der Waals surface area contributed by atoms with Gasteiger partial charge in [0.15, 0.2) is 0 Å². The SMILES string of the molecule is CC(=O)O.CC(=O)O.CC(=O)O.CC=NCCNC(CC([SiH3])(OC)OC)OC. The maximum Gasteiger partial charge on any atom is 0.300 e. The molecule has 0 heterocycles. The lowest BCUT2D eigenvalue weighted by molar-refractivity contribution is -0.165. The highest BCUT2D eigenvalue weighted by atomic mass is 28.1. The van der Waals surface area contributed by atoms with Gasteiger partial charge in [-0.05, 0) is 13.1 Å². The molecule has 0 aromatic carbocycles. The Kier molecular flexibility index (Phi) is 27.9. The molecule has 0 spiro atoms. The van der Waals surface area contributed by atoms with Crippen LogP contribution in [-0.2, 0) is 28.6 Å².